The number of hydrogen-bond acceptors (Lipinski definition) is 5. The summed E-state index contributed by atoms with van der Waals surface area (Å²) in [6.07, 6.45) is 6.12. The summed E-state index contributed by atoms with van der Waals surface area (Å²) in [5, 5.41) is 8.77. The standard InChI is InChI=1S/C29H31FN4O4S/c30-21-6-3-7-22(17-21)32-29(35)31-15-14-18-10-12-23(13-11-18)39(36,37)34-28-27(38-28)33-26-24-8-1-4-19(24)16-20-5-2-9-25(20)26/h3,6-7,10-13,16-17,27-28,33-34H,1-2,4-5,8-9,14-15H2,(H2,31,32,35). The van der Waals surface area contributed by atoms with Crippen molar-refractivity contribution >= 4 is 27.4 Å². The summed E-state index contributed by atoms with van der Waals surface area (Å²) < 4.78 is 47.5. The van der Waals surface area contributed by atoms with E-state index in [-0.39, 0.29) is 11.1 Å². The first-order valence-corrected chi connectivity index (χ1v) is 14.8. The Bertz CT molecular complexity index is 1480. The first-order valence-electron chi connectivity index (χ1n) is 13.4. The third-order valence-corrected chi connectivity index (χ3v) is 8.97. The van der Waals surface area contributed by atoms with Crippen LogP contribution in [-0.2, 0) is 46.9 Å². The number of anilines is 2. The van der Waals surface area contributed by atoms with E-state index >= 15 is 0 Å². The van der Waals surface area contributed by atoms with Gasteiger partial charge in [0.1, 0.15) is 5.82 Å². The average molecular weight is 551 g/mol. The van der Waals surface area contributed by atoms with Crippen molar-refractivity contribution in [3.05, 3.63) is 88.2 Å². The number of sulfonamides is 1. The van der Waals surface area contributed by atoms with E-state index < -0.39 is 28.1 Å². The second-order valence-electron chi connectivity index (χ2n) is 10.3. The van der Waals surface area contributed by atoms with Crippen molar-refractivity contribution in [1.29, 1.82) is 0 Å². The highest BCUT2D eigenvalue weighted by atomic mass is 32.2. The molecule has 2 atom stereocenters. The smallest absolute Gasteiger partial charge is 0.319 e. The molecule has 0 aromatic heterocycles. The Morgan fingerprint density at radius 1 is 0.923 bits per heavy atom. The Labute approximate surface area is 227 Å². The number of ether oxygens (including phenoxy) is 1. The number of hydrogen-bond donors (Lipinski definition) is 4. The number of rotatable bonds is 9. The molecule has 39 heavy (non-hydrogen) atoms. The molecule has 10 heteroatoms. The van der Waals surface area contributed by atoms with Gasteiger partial charge in [-0.1, -0.05) is 24.3 Å². The second kappa shape index (κ2) is 10.6. The molecule has 6 rings (SSSR count). The molecule has 1 aliphatic heterocycles. The lowest BCUT2D eigenvalue weighted by molar-refractivity contribution is 0.252. The van der Waals surface area contributed by atoms with E-state index in [1.807, 2.05) is 0 Å². The lowest BCUT2D eigenvalue weighted by Gasteiger charge is -2.16. The molecule has 0 radical (unpaired) electrons. The molecule has 2 unspecified atom stereocenters. The molecule has 0 bridgehead atoms. The first-order chi connectivity index (χ1) is 18.9. The van der Waals surface area contributed by atoms with Crippen LogP contribution in [0.3, 0.4) is 0 Å². The summed E-state index contributed by atoms with van der Waals surface area (Å²) in [6, 6.07) is 14.1. The van der Waals surface area contributed by atoms with Gasteiger partial charge < -0.3 is 20.7 Å². The van der Waals surface area contributed by atoms with Crippen LogP contribution in [-0.4, -0.2) is 33.4 Å². The van der Waals surface area contributed by atoms with Crippen LogP contribution < -0.4 is 20.7 Å². The molecule has 4 N–H and O–H groups in total. The first kappa shape index (κ1) is 25.8. The Hall–Kier alpha value is -3.47. The molecule has 0 spiro atoms. The molecule has 1 fully saturated rings. The minimum absolute atomic E-state index is 0.152. The van der Waals surface area contributed by atoms with Gasteiger partial charge in [-0.3, -0.25) is 0 Å². The average Bonchev–Trinajstić information content (AvgIpc) is 3.26. The van der Waals surface area contributed by atoms with Crippen LogP contribution in [0.25, 0.3) is 0 Å². The number of amides is 2. The summed E-state index contributed by atoms with van der Waals surface area (Å²) in [5.74, 6) is -0.431. The van der Waals surface area contributed by atoms with Crippen LogP contribution in [0.5, 0.6) is 0 Å². The molecular weight excluding hydrogens is 519 g/mol. The van der Waals surface area contributed by atoms with E-state index in [4.69, 9.17) is 4.74 Å². The predicted molar refractivity (Wildman–Crippen MR) is 147 cm³/mol. The van der Waals surface area contributed by atoms with E-state index in [1.165, 1.54) is 40.5 Å². The van der Waals surface area contributed by atoms with Crippen molar-refractivity contribution in [2.45, 2.75) is 62.3 Å². The minimum atomic E-state index is -3.76. The van der Waals surface area contributed by atoms with Gasteiger partial charge in [-0.25, -0.2) is 17.6 Å². The lowest BCUT2D eigenvalue weighted by Crippen LogP contribution is -2.30. The number of aryl methyl sites for hydroxylation is 2. The highest BCUT2D eigenvalue weighted by Crippen LogP contribution is 2.40. The van der Waals surface area contributed by atoms with Gasteiger partial charge in [0.05, 0.1) is 4.90 Å². The predicted octanol–water partition coefficient (Wildman–Crippen LogP) is 4.24. The fraction of sp³-hybridized carbons (Fsp3) is 0.345. The van der Waals surface area contributed by atoms with Gasteiger partial charge in [-0.15, -0.1) is 0 Å². The van der Waals surface area contributed by atoms with Gasteiger partial charge in [0.15, 0.2) is 12.5 Å². The fourth-order valence-corrected chi connectivity index (χ4v) is 6.68. The summed E-state index contributed by atoms with van der Waals surface area (Å²) >= 11 is 0. The third-order valence-electron chi connectivity index (χ3n) is 7.54. The Morgan fingerprint density at radius 2 is 1.64 bits per heavy atom. The van der Waals surface area contributed by atoms with E-state index in [1.54, 1.807) is 30.3 Å². The van der Waals surface area contributed by atoms with Gasteiger partial charge in [0.2, 0.25) is 10.0 Å². The largest absolute Gasteiger partial charge is 0.356 e. The molecular formula is C29H31FN4O4S. The van der Waals surface area contributed by atoms with Gasteiger partial charge >= 0.3 is 6.03 Å². The number of carbonyl (C=O) groups is 1. The van der Waals surface area contributed by atoms with E-state index in [0.717, 1.165) is 49.8 Å². The van der Waals surface area contributed by atoms with Crippen molar-refractivity contribution in [3.63, 3.8) is 0 Å². The number of urea groups is 1. The zero-order valence-electron chi connectivity index (χ0n) is 21.4. The van der Waals surface area contributed by atoms with Crippen molar-refractivity contribution in [2.75, 3.05) is 17.2 Å². The summed E-state index contributed by atoms with van der Waals surface area (Å²) in [4.78, 5) is 12.2. The molecule has 1 saturated heterocycles. The molecule has 2 aliphatic carbocycles. The monoisotopic (exact) mass is 550 g/mol. The van der Waals surface area contributed by atoms with Crippen LogP contribution in [0, 0.1) is 5.82 Å². The van der Waals surface area contributed by atoms with E-state index in [0.29, 0.717) is 18.7 Å². The van der Waals surface area contributed by atoms with Crippen LogP contribution in [0.4, 0.5) is 20.6 Å². The molecule has 3 aromatic carbocycles. The summed E-state index contributed by atoms with van der Waals surface area (Å²) in [5.41, 5.74) is 7.95. The molecule has 3 aliphatic rings. The molecule has 204 valence electrons. The SMILES string of the molecule is O=C(NCCc1ccc(S(=O)(=O)NC2OC2Nc2c3c(cc4c2CCC4)CCC3)cc1)Nc1cccc(F)c1. The molecule has 2 amide bonds. The van der Waals surface area contributed by atoms with Crippen LogP contribution in [0.1, 0.15) is 40.7 Å². The number of carbonyl (C=O) groups excluding carboxylic acids is 1. The van der Waals surface area contributed by atoms with Crippen molar-refractivity contribution < 1.29 is 22.3 Å². The lowest BCUT2D eigenvalue weighted by atomic mass is 9.98. The van der Waals surface area contributed by atoms with Crippen molar-refractivity contribution in [2.24, 2.45) is 0 Å². The highest BCUT2D eigenvalue weighted by molar-refractivity contribution is 7.89. The maximum absolute atomic E-state index is 13.2. The van der Waals surface area contributed by atoms with Crippen LogP contribution >= 0.6 is 0 Å². The number of benzene rings is 3. The molecule has 8 nitrogen and oxygen atoms in total. The number of halogens is 1. The van der Waals surface area contributed by atoms with E-state index in [2.05, 4.69) is 26.7 Å². The topological polar surface area (TPSA) is 112 Å². The van der Waals surface area contributed by atoms with Crippen molar-refractivity contribution in [1.82, 2.24) is 10.0 Å². The Balaban J connectivity index is 1.00. The maximum Gasteiger partial charge on any atom is 0.319 e. The van der Waals surface area contributed by atoms with Gasteiger partial charge in [0, 0.05) is 17.9 Å². The number of epoxide rings is 1. The summed E-state index contributed by atoms with van der Waals surface area (Å²) in [7, 11) is -3.76. The van der Waals surface area contributed by atoms with Crippen LogP contribution in [0.15, 0.2) is 59.5 Å². The second-order valence-corrected chi connectivity index (χ2v) is 12.0. The molecule has 0 saturated carbocycles. The Kier molecular flexibility index (Phi) is 7.01. The van der Waals surface area contributed by atoms with E-state index in [9.17, 15) is 17.6 Å². The number of nitrogens with one attached hydrogen (secondary N) is 4. The normalized spacial score (nSPS) is 19.3. The molecule has 1 heterocycles. The number of fused-ring (bicyclic) bond motifs is 2. The zero-order chi connectivity index (χ0) is 27.0. The third kappa shape index (κ3) is 5.78. The van der Waals surface area contributed by atoms with Gasteiger partial charge in [-0.05, 0) is 103 Å². The summed E-state index contributed by atoms with van der Waals surface area (Å²) in [6.45, 7) is 0.335. The minimum Gasteiger partial charge on any atom is -0.356 e. The van der Waals surface area contributed by atoms with Gasteiger partial charge in [-0.2, -0.15) is 4.72 Å². The highest BCUT2D eigenvalue weighted by Gasteiger charge is 2.43. The molecule has 3 aromatic rings. The van der Waals surface area contributed by atoms with Crippen LogP contribution in [0.2, 0.25) is 0 Å². The fourth-order valence-electron chi connectivity index (χ4n) is 5.56. The van der Waals surface area contributed by atoms with Gasteiger partial charge in [0.25, 0.3) is 0 Å². The van der Waals surface area contributed by atoms with Crippen molar-refractivity contribution in [3.8, 4) is 0 Å². The Morgan fingerprint density at radius 3 is 2.33 bits per heavy atom. The zero-order valence-corrected chi connectivity index (χ0v) is 22.2. The maximum atomic E-state index is 13.2. The quantitative estimate of drug-likeness (QED) is 0.298.